The summed E-state index contributed by atoms with van der Waals surface area (Å²) in [5.41, 5.74) is 3.16. The van der Waals surface area contributed by atoms with E-state index >= 15 is 0 Å². The van der Waals surface area contributed by atoms with Crippen LogP contribution >= 0.6 is 11.8 Å². The van der Waals surface area contributed by atoms with E-state index in [2.05, 4.69) is 34.7 Å². The normalized spacial score (nSPS) is 25.2. The van der Waals surface area contributed by atoms with E-state index in [9.17, 15) is 19.6 Å². The molecule has 0 bridgehead atoms. The first-order chi connectivity index (χ1) is 17.0. The summed E-state index contributed by atoms with van der Waals surface area (Å²) in [5, 5.41) is 15.5. The Morgan fingerprint density at radius 2 is 2.00 bits per heavy atom. The number of amides is 3. The van der Waals surface area contributed by atoms with Crippen LogP contribution in [0.25, 0.3) is 0 Å². The Morgan fingerprint density at radius 3 is 2.56 bits per heavy atom. The lowest BCUT2D eigenvalue weighted by atomic mass is 9.85. The molecule has 0 radical (unpaired) electrons. The van der Waals surface area contributed by atoms with Gasteiger partial charge in [-0.1, -0.05) is 32.9 Å². The number of hydrogen-bond acceptors (Lipinski definition) is 6. The van der Waals surface area contributed by atoms with E-state index < -0.39 is 28.8 Å². The zero-order valence-electron chi connectivity index (χ0n) is 21.6. The molecule has 1 saturated carbocycles. The molecule has 1 saturated heterocycles. The van der Waals surface area contributed by atoms with Crippen molar-refractivity contribution >= 4 is 40.7 Å². The molecule has 2 N–H and O–H groups in total. The van der Waals surface area contributed by atoms with Crippen LogP contribution in [0.4, 0.5) is 5.69 Å². The molecule has 2 fully saturated rings. The summed E-state index contributed by atoms with van der Waals surface area (Å²) < 4.78 is 0. The summed E-state index contributed by atoms with van der Waals surface area (Å²) in [4.78, 5) is 45.8. The fourth-order valence-corrected chi connectivity index (χ4v) is 5.86. The molecule has 192 valence electrons. The third-order valence-corrected chi connectivity index (χ3v) is 8.61. The van der Waals surface area contributed by atoms with Crippen LogP contribution in [0.15, 0.2) is 23.2 Å². The average molecular weight is 510 g/mol. The molecular weight excluding hydrogens is 474 g/mol. The monoisotopic (exact) mass is 509 g/mol. The summed E-state index contributed by atoms with van der Waals surface area (Å²) >= 11 is 1.70. The number of carbonyl (C=O) groups excluding carboxylic acids is 3. The molecule has 36 heavy (non-hydrogen) atoms. The molecule has 0 aromatic heterocycles. The van der Waals surface area contributed by atoms with Crippen LogP contribution in [0.1, 0.15) is 69.8 Å². The van der Waals surface area contributed by atoms with E-state index in [1.165, 1.54) is 5.56 Å². The molecule has 9 heteroatoms. The number of benzene rings is 1. The van der Waals surface area contributed by atoms with Crippen molar-refractivity contribution < 1.29 is 14.4 Å². The van der Waals surface area contributed by atoms with Crippen molar-refractivity contribution in [3.05, 3.63) is 29.3 Å². The lowest BCUT2D eigenvalue weighted by Gasteiger charge is -2.35. The van der Waals surface area contributed by atoms with Gasteiger partial charge in [-0.25, -0.2) is 0 Å². The van der Waals surface area contributed by atoms with Crippen LogP contribution in [0.2, 0.25) is 0 Å². The van der Waals surface area contributed by atoms with Gasteiger partial charge in [0.25, 0.3) is 0 Å². The summed E-state index contributed by atoms with van der Waals surface area (Å²) in [6, 6.07) is 6.91. The number of carbonyl (C=O) groups is 3. The third kappa shape index (κ3) is 5.15. The first-order valence-electron chi connectivity index (χ1n) is 12.6. The van der Waals surface area contributed by atoms with E-state index in [1.54, 1.807) is 16.7 Å². The number of thioether (sulfide) groups is 1. The first kappa shape index (κ1) is 26.2. The molecule has 1 aliphatic carbocycles. The highest BCUT2D eigenvalue weighted by Crippen LogP contribution is 2.45. The molecule has 1 aromatic rings. The number of anilines is 1. The summed E-state index contributed by atoms with van der Waals surface area (Å²) in [7, 11) is 0. The van der Waals surface area contributed by atoms with Crippen molar-refractivity contribution in [1.29, 1.82) is 5.26 Å². The number of rotatable bonds is 6. The van der Waals surface area contributed by atoms with Gasteiger partial charge in [0.2, 0.25) is 17.7 Å². The SMILES string of the molecule is Cc1cc(C2SC=NC2C)ccc1NC(=O)C1CCCN1C(=O)C(NC(=O)C1(C#N)CC1)C(C)(C)C. The Morgan fingerprint density at radius 1 is 1.28 bits per heavy atom. The first-order valence-corrected chi connectivity index (χ1v) is 13.5. The number of hydrogen-bond donors (Lipinski definition) is 2. The maximum Gasteiger partial charge on any atom is 0.247 e. The summed E-state index contributed by atoms with van der Waals surface area (Å²) in [6.07, 6.45) is 2.30. The van der Waals surface area contributed by atoms with Crippen LogP contribution in [0.3, 0.4) is 0 Å². The number of aryl methyl sites for hydroxylation is 1. The van der Waals surface area contributed by atoms with Gasteiger partial charge in [0.1, 0.15) is 17.5 Å². The van der Waals surface area contributed by atoms with Crippen molar-refractivity contribution in [3.63, 3.8) is 0 Å². The maximum absolute atomic E-state index is 13.7. The van der Waals surface area contributed by atoms with Gasteiger partial charge in [-0.3, -0.25) is 19.4 Å². The number of nitrogens with one attached hydrogen (secondary N) is 2. The zero-order chi connectivity index (χ0) is 26.3. The average Bonchev–Trinajstić information content (AvgIpc) is 3.25. The van der Waals surface area contributed by atoms with E-state index in [4.69, 9.17) is 0 Å². The van der Waals surface area contributed by atoms with Crippen LogP contribution in [-0.4, -0.2) is 52.8 Å². The van der Waals surface area contributed by atoms with Gasteiger partial charge in [-0.05, 0) is 62.1 Å². The smallest absolute Gasteiger partial charge is 0.247 e. The summed E-state index contributed by atoms with van der Waals surface area (Å²) in [5.74, 6) is -0.894. The number of nitriles is 1. The summed E-state index contributed by atoms with van der Waals surface area (Å²) in [6.45, 7) is 10.2. The van der Waals surface area contributed by atoms with E-state index in [1.807, 2.05) is 45.4 Å². The predicted octanol–water partition coefficient (Wildman–Crippen LogP) is 3.96. The third-order valence-electron chi connectivity index (χ3n) is 7.40. The van der Waals surface area contributed by atoms with Crippen molar-refractivity contribution in [1.82, 2.24) is 10.2 Å². The largest absolute Gasteiger partial charge is 0.342 e. The highest BCUT2D eigenvalue weighted by molar-refractivity contribution is 8.12. The van der Waals surface area contributed by atoms with Gasteiger partial charge in [0.15, 0.2) is 0 Å². The van der Waals surface area contributed by atoms with Crippen LogP contribution < -0.4 is 10.6 Å². The molecule has 2 heterocycles. The van der Waals surface area contributed by atoms with Gasteiger partial charge < -0.3 is 15.5 Å². The molecule has 4 unspecified atom stereocenters. The van der Waals surface area contributed by atoms with Gasteiger partial charge >= 0.3 is 0 Å². The molecule has 4 atom stereocenters. The van der Waals surface area contributed by atoms with Crippen LogP contribution in [0.5, 0.6) is 0 Å². The van der Waals surface area contributed by atoms with Gasteiger partial charge in [0, 0.05) is 12.2 Å². The van der Waals surface area contributed by atoms with Gasteiger partial charge in [-0.15, -0.1) is 11.8 Å². The number of likely N-dealkylation sites (tertiary alicyclic amines) is 1. The minimum absolute atomic E-state index is 0.215. The van der Waals surface area contributed by atoms with Crippen molar-refractivity contribution in [2.45, 2.75) is 83.7 Å². The molecule has 0 spiro atoms. The predicted molar refractivity (Wildman–Crippen MR) is 141 cm³/mol. The fraction of sp³-hybridized carbons (Fsp3) is 0.593. The maximum atomic E-state index is 13.7. The molecule has 3 amide bonds. The molecule has 8 nitrogen and oxygen atoms in total. The van der Waals surface area contributed by atoms with Crippen molar-refractivity contribution in [2.24, 2.45) is 15.8 Å². The van der Waals surface area contributed by atoms with Gasteiger partial charge in [0.05, 0.1) is 22.9 Å². The second-order valence-corrected chi connectivity index (χ2v) is 12.3. The van der Waals surface area contributed by atoms with Crippen LogP contribution in [0, 0.1) is 29.1 Å². The second-order valence-electron chi connectivity index (χ2n) is 11.3. The Hall–Kier alpha value is -2.86. The van der Waals surface area contributed by atoms with E-state index in [0.717, 1.165) is 11.3 Å². The Bertz CT molecular complexity index is 1130. The van der Waals surface area contributed by atoms with Crippen molar-refractivity contribution in [3.8, 4) is 6.07 Å². The van der Waals surface area contributed by atoms with Crippen molar-refractivity contribution in [2.75, 3.05) is 11.9 Å². The quantitative estimate of drug-likeness (QED) is 0.602. The molecular formula is C27H35N5O3S. The molecule has 3 aliphatic rings. The molecule has 4 rings (SSSR count). The minimum atomic E-state index is -1.02. The van der Waals surface area contributed by atoms with E-state index in [-0.39, 0.29) is 23.1 Å². The Kier molecular flexibility index (Phi) is 7.20. The number of aliphatic imine (C=N–C) groups is 1. The molecule has 1 aromatic carbocycles. The second kappa shape index (κ2) is 9.89. The van der Waals surface area contributed by atoms with Gasteiger partial charge in [-0.2, -0.15) is 5.26 Å². The Labute approximate surface area is 217 Å². The highest BCUT2D eigenvalue weighted by Gasteiger charge is 2.53. The standard InChI is InChI=1S/C27H35N5O3S/c1-16-13-18(21-17(2)29-15-36-21)8-9-19(16)30-23(33)20-7-6-12-32(20)24(34)22(26(3,4)5)31-25(35)27(14-28)10-11-27/h8-9,13,15,17,20-22H,6-7,10-12H2,1-5H3,(H,30,33)(H,31,35). The fourth-order valence-electron chi connectivity index (χ4n) is 4.87. The van der Waals surface area contributed by atoms with Crippen LogP contribution in [-0.2, 0) is 14.4 Å². The minimum Gasteiger partial charge on any atom is -0.342 e. The Balaban J connectivity index is 1.46. The molecule has 2 aliphatic heterocycles. The number of nitrogens with zero attached hydrogens (tertiary/aromatic N) is 3. The zero-order valence-corrected chi connectivity index (χ0v) is 22.4. The lowest BCUT2D eigenvalue weighted by molar-refractivity contribution is -0.143. The topological polar surface area (TPSA) is 115 Å². The lowest BCUT2D eigenvalue weighted by Crippen LogP contribution is -2.58. The van der Waals surface area contributed by atoms with E-state index in [0.29, 0.717) is 32.2 Å². The highest BCUT2D eigenvalue weighted by atomic mass is 32.2.